The maximum Gasteiger partial charge on any atom is 0.306 e. The van der Waals surface area contributed by atoms with Gasteiger partial charge in [-0.25, -0.2) is 0 Å². The third-order valence-electron chi connectivity index (χ3n) is 3.55. The predicted octanol–water partition coefficient (Wildman–Crippen LogP) is 8.21. The van der Waals surface area contributed by atoms with Crippen LogP contribution in [-0.4, -0.2) is 72.0 Å². The van der Waals surface area contributed by atoms with Gasteiger partial charge in [-0.15, -0.1) is 0 Å². The van der Waals surface area contributed by atoms with Gasteiger partial charge in [-0.05, 0) is 26.2 Å². The fourth-order valence-corrected chi connectivity index (χ4v) is 1.22. The molecule has 0 aliphatic carbocycles. The van der Waals surface area contributed by atoms with Gasteiger partial charge >= 0.3 is 17.9 Å². The monoisotopic (exact) mass is 579 g/mol. The lowest BCUT2D eigenvalue weighted by Crippen LogP contribution is -2.17. The normalized spacial score (nSPS) is 7.59. The van der Waals surface area contributed by atoms with Crippen molar-refractivity contribution in [2.24, 2.45) is 5.41 Å². The van der Waals surface area contributed by atoms with Gasteiger partial charge < -0.3 is 23.7 Å². The summed E-state index contributed by atoms with van der Waals surface area (Å²) in [6.45, 7) is 16.6. The molecule has 0 rings (SSSR count). The topological polar surface area (TPSA) is 114 Å². The molecule has 39 heavy (non-hydrogen) atoms. The Labute approximate surface area is 246 Å². The maximum absolute atomic E-state index is 11.0. The summed E-state index contributed by atoms with van der Waals surface area (Å²) in [5.74, 6) is -0.332. The quantitative estimate of drug-likeness (QED) is 0.197. The second kappa shape index (κ2) is 56.2. The van der Waals surface area contributed by atoms with Crippen LogP contribution in [0.3, 0.4) is 0 Å². The van der Waals surface area contributed by atoms with Crippen molar-refractivity contribution in [3.05, 3.63) is 0 Å². The molecular weight excluding hydrogens is 504 g/mol. The van der Waals surface area contributed by atoms with Gasteiger partial charge in [-0.1, -0.05) is 85.6 Å². The Morgan fingerprint density at radius 1 is 0.590 bits per heavy atom. The standard InChI is InChI=1S/C9H18O2.3C4H8O2.C3H8O.6CH4/c1-5-9(3,4)7-8(10)11-6-2;1-4(5)3-6-2;2*1-3-4(5)6-2;1-3-4-2;;;;;;/h5-7H2,1-4H3;3*3H2,1-2H3;3H2,1-2H3;6*1H4. The number of carbonyl (C=O) groups is 4. The number of hydrogen-bond acceptors (Lipinski definition) is 9. The van der Waals surface area contributed by atoms with Gasteiger partial charge in [0, 0.05) is 33.7 Å². The maximum atomic E-state index is 11.0. The molecule has 0 saturated carbocycles. The van der Waals surface area contributed by atoms with Gasteiger partial charge in [0.1, 0.15) is 6.61 Å². The fraction of sp³-hybridized carbons (Fsp3) is 0.867. The molecule has 0 N–H and O–H groups in total. The molecule has 0 radical (unpaired) electrons. The Morgan fingerprint density at radius 3 is 1.03 bits per heavy atom. The second-order valence-electron chi connectivity index (χ2n) is 7.07. The van der Waals surface area contributed by atoms with Crippen LogP contribution in [-0.2, 0) is 42.9 Å². The Bertz CT molecular complexity index is 433. The first kappa shape index (κ1) is 70.9. The summed E-state index contributed by atoms with van der Waals surface area (Å²) < 4.78 is 22.4. The zero-order valence-corrected chi connectivity index (χ0v) is 23.1. The molecule has 0 unspecified atom stereocenters. The average molecular weight is 579 g/mol. The molecule has 9 heteroatoms. The van der Waals surface area contributed by atoms with Crippen LogP contribution in [0.4, 0.5) is 0 Å². The number of esters is 3. The van der Waals surface area contributed by atoms with Crippen molar-refractivity contribution in [3.63, 3.8) is 0 Å². The van der Waals surface area contributed by atoms with Crippen molar-refractivity contribution in [2.45, 2.75) is 126 Å². The molecule has 0 aliphatic rings. The van der Waals surface area contributed by atoms with Gasteiger partial charge in [0.05, 0.1) is 27.2 Å². The van der Waals surface area contributed by atoms with Crippen LogP contribution < -0.4 is 0 Å². The molecule has 0 saturated heterocycles. The molecule has 0 bridgehead atoms. The van der Waals surface area contributed by atoms with E-state index >= 15 is 0 Å². The average Bonchev–Trinajstić information content (AvgIpc) is 2.79. The van der Waals surface area contributed by atoms with E-state index < -0.39 is 0 Å². The zero-order valence-electron chi connectivity index (χ0n) is 23.1. The van der Waals surface area contributed by atoms with Crippen LogP contribution in [0.5, 0.6) is 0 Å². The number of carbonyl (C=O) groups excluding carboxylic acids is 4. The summed E-state index contributed by atoms with van der Waals surface area (Å²) in [4.78, 5) is 40.8. The predicted molar refractivity (Wildman–Crippen MR) is 170 cm³/mol. The van der Waals surface area contributed by atoms with E-state index in [1.54, 1.807) is 21.0 Å². The SMILES string of the molecule is C.C.C.C.C.C.CCC(=O)OC.CCC(=O)OC.CCOC.CCOC(=O)CC(C)(C)CC.COCC(C)=O. The lowest BCUT2D eigenvalue weighted by atomic mass is 9.87. The van der Waals surface area contributed by atoms with Gasteiger partial charge in [0.15, 0.2) is 5.78 Å². The van der Waals surface area contributed by atoms with E-state index in [2.05, 4.69) is 39.7 Å². The molecule has 9 nitrogen and oxygen atoms in total. The van der Waals surface area contributed by atoms with Gasteiger partial charge in [0.2, 0.25) is 0 Å². The smallest absolute Gasteiger partial charge is 0.306 e. The van der Waals surface area contributed by atoms with Crippen molar-refractivity contribution in [2.75, 3.05) is 48.3 Å². The van der Waals surface area contributed by atoms with Crippen LogP contribution in [0, 0.1) is 5.41 Å². The van der Waals surface area contributed by atoms with Crippen molar-refractivity contribution < 1.29 is 42.9 Å². The van der Waals surface area contributed by atoms with Crippen molar-refractivity contribution in [1.29, 1.82) is 0 Å². The van der Waals surface area contributed by atoms with Crippen LogP contribution in [0.2, 0.25) is 0 Å². The van der Waals surface area contributed by atoms with Crippen molar-refractivity contribution >= 4 is 23.7 Å². The first-order valence-corrected chi connectivity index (χ1v) is 11.1. The van der Waals surface area contributed by atoms with E-state index in [-0.39, 0.29) is 80.3 Å². The summed E-state index contributed by atoms with van der Waals surface area (Å²) in [5.41, 5.74) is 0.0895. The number of hydrogen-bond donors (Lipinski definition) is 0. The fourth-order valence-electron chi connectivity index (χ4n) is 1.22. The van der Waals surface area contributed by atoms with E-state index in [0.717, 1.165) is 13.0 Å². The molecule has 0 aromatic carbocycles. The van der Waals surface area contributed by atoms with Gasteiger partial charge in [-0.3, -0.25) is 19.2 Å². The highest BCUT2D eigenvalue weighted by Crippen LogP contribution is 2.24. The Kier molecular flexibility index (Phi) is 102. The lowest BCUT2D eigenvalue weighted by Gasteiger charge is -2.20. The molecule has 0 aromatic heterocycles. The zero-order chi connectivity index (χ0) is 27.3. The number of Topliss-reactive ketones (excluding diaryl/α,β-unsaturated/α-hetero) is 1. The van der Waals surface area contributed by atoms with E-state index in [1.807, 2.05) is 13.8 Å². The molecule has 0 amide bonds. The summed E-state index contributed by atoms with van der Waals surface area (Å²) in [5, 5.41) is 0. The largest absolute Gasteiger partial charge is 0.469 e. The highest BCUT2D eigenvalue weighted by atomic mass is 16.5. The first-order valence-electron chi connectivity index (χ1n) is 11.1. The second-order valence-corrected chi connectivity index (χ2v) is 7.07. The molecule has 0 spiro atoms. The van der Waals surface area contributed by atoms with Gasteiger partial charge in [-0.2, -0.15) is 0 Å². The van der Waals surface area contributed by atoms with Crippen LogP contribution in [0.25, 0.3) is 0 Å². The minimum absolute atomic E-state index is 0. The van der Waals surface area contributed by atoms with E-state index in [0.29, 0.717) is 25.9 Å². The lowest BCUT2D eigenvalue weighted by molar-refractivity contribution is -0.145. The van der Waals surface area contributed by atoms with Crippen LogP contribution >= 0.6 is 0 Å². The summed E-state index contributed by atoms with van der Waals surface area (Å²) in [6.07, 6.45) is 2.47. The molecule has 0 heterocycles. The van der Waals surface area contributed by atoms with E-state index in [9.17, 15) is 19.2 Å². The molecule has 0 aliphatic heterocycles. The molecule has 0 fully saturated rings. The van der Waals surface area contributed by atoms with E-state index in [1.165, 1.54) is 28.3 Å². The molecule has 0 atom stereocenters. The van der Waals surface area contributed by atoms with Crippen molar-refractivity contribution in [3.8, 4) is 0 Å². The minimum atomic E-state index is -0.157. The van der Waals surface area contributed by atoms with Crippen molar-refractivity contribution in [1.82, 2.24) is 0 Å². The third kappa shape index (κ3) is 94.4. The molecular formula is C30H74O9. The highest BCUT2D eigenvalue weighted by molar-refractivity contribution is 5.76. The number of rotatable bonds is 9. The van der Waals surface area contributed by atoms with Gasteiger partial charge in [0.25, 0.3) is 0 Å². The Morgan fingerprint density at radius 2 is 0.923 bits per heavy atom. The summed E-state index contributed by atoms with van der Waals surface area (Å²) in [7, 11) is 5.94. The Hall–Kier alpha value is -2.00. The van der Waals surface area contributed by atoms with Crippen LogP contribution in [0.1, 0.15) is 126 Å². The third-order valence-corrected chi connectivity index (χ3v) is 3.55. The van der Waals surface area contributed by atoms with E-state index in [4.69, 9.17) is 4.74 Å². The number of ketones is 1. The Balaban J connectivity index is -0.0000000279. The summed E-state index contributed by atoms with van der Waals surface area (Å²) >= 11 is 0. The highest BCUT2D eigenvalue weighted by Gasteiger charge is 2.20. The number of methoxy groups -OCH3 is 4. The molecule has 0 aromatic rings. The minimum Gasteiger partial charge on any atom is -0.469 e. The summed E-state index contributed by atoms with van der Waals surface area (Å²) in [6, 6.07) is 0. The number of ether oxygens (including phenoxy) is 5. The van der Waals surface area contributed by atoms with Crippen LogP contribution in [0.15, 0.2) is 0 Å². The molecule has 248 valence electrons. The first-order chi connectivity index (χ1) is 15.3.